The highest BCUT2D eigenvalue weighted by molar-refractivity contribution is 7.81. The summed E-state index contributed by atoms with van der Waals surface area (Å²) in [5.41, 5.74) is 0. The molecule has 1 aromatic heterocycles. The van der Waals surface area contributed by atoms with Gasteiger partial charge in [-0.25, -0.2) is 4.21 Å². The molecule has 0 bridgehead atoms. The van der Waals surface area contributed by atoms with E-state index in [-0.39, 0.29) is 18.9 Å². The highest BCUT2D eigenvalue weighted by atomic mass is 35.5. The number of carbonyl (C=O) groups excluding carboxylic acids is 1. The fraction of sp³-hybridized carbons (Fsp3) is 0.545. The molecule has 0 aliphatic heterocycles. The fourth-order valence-corrected chi connectivity index (χ4v) is 3.03. The van der Waals surface area contributed by atoms with E-state index in [0.29, 0.717) is 15.9 Å². The second-order valence-electron chi connectivity index (χ2n) is 3.73. The van der Waals surface area contributed by atoms with Crippen LogP contribution in [0.2, 0.25) is 4.34 Å². The Labute approximate surface area is 123 Å². The molecule has 5 nitrogen and oxygen atoms in total. The first-order valence-corrected chi connectivity index (χ1v) is 8.10. The Kier molecular flexibility index (Phi) is 7.37. The van der Waals surface area contributed by atoms with Crippen LogP contribution in [0, 0.1) is 0 Å². The minimum absolute atomic E-state index is 0.0610. The zero-order valence-electron chi connectivity index (χ0n) is 10.5. The zero-order valence-corrected chi connectivity index (χ0v) is 12.9. The third-order valence-electron chi connectivity index (χ3n) is 2.27. The van der Waals surface area contributed by atoms with Crippen LogP contribution >= 0.6 is 22.9 Å². The molecule has 0 saturated carbocycles. The van der Waals surface area contributed by atoms with Gasteiger partial charge < -0.3 is 4.74 Å². The lowest BCUT2D eigenvalue weighted by Crippen LogP contribution is -2.27. The molecule has 0 aliphatic carbocycles. The van der Waals surface area contributed by atoms with Crippen molar-refractivity contribution < 1.29 is 18.3 Å². The lowest BCUT2D eigenvalue weighted by Gasteiger charge is -2.17. The minimum atomic E-state index is -2.19. The topological polar surface area (TPSA) is 66.8 Å². The normalized spacial score (nSPS) is 12.2. The first-order valence-electron chi connectivity index (χ1n) is 5.84. The van der Waals surface area contributed by atoms with Crippen LogP contribution in [0.3, 0.4) is 0 Å². The summed E-state index contributed by atoms with van der Waals surface area (Å²) in [5, 5.41) is 0.548. The zero-order chi connectivity index (χ0) is 14.3. The van der Waals surface area contributed by atoms with Gasteiger partial charge in [0.25, 0.3) is 11.3 Å². The van der Waals surface area contributed by atoms with Gasteiger partial charge in [-0.15, -0.1) is 11.3 Å². The van der Waals surface area contributed by atoms with E-state index in [1.54, 1.807) is 12.1 Å². The van der Waals surface area contributed by atoms with Crippen molar-refractivity contribution in [3.8, 4) is 0 Å². The Morgan fingerprint density at radius 1 is 1.58 bits per heavy atom. The van der Waals surface area contributed by atoms with Crippen molar-refractivity contribution in [3.05, 3.63) is 16.5 Å². The summed E-state index contributed by atoms with van der Waals surface area (Å²) in [6.07, 6.45) is 1.83. The molecule has 1 N–H and O–H groups in total. The molecule has 0 aromatic carbocycles. The molecule has 1 aromatic rings. The van der Waals surface area contributed by atoms with Crippen LogP contribution in [0.25, 0.3) is 0 Å². The summed E-state index contributed by atoms with van der Waals surface area (Å²) < 4.78 is 27.2. The van der Waals surface area contributed by atoms with E-state index in [0.717, 1.165) is 12.8 Å². The molecule has 1 unspecified atom stereocenters. The Morgan fingerprint density at radius 2 is 2.32 bits per heavy atom. The van der Waals surface area contributed by atoms with Crippen LogP contribution in [-0.4, -0.2) is 27.9 Å². The van der Waals surface area contributed by atoms with Gasteiger partial charge in [0.1, 0.15) is 5.00 Å². The fourth-order valence-electron chi connectivity index (χ4n) is 1.30. The van der Waals surface area contributed by atoms with Crippen molar-refractivity contribution in [2.24, 2.45) is 0 Å². The summed E-state index contributed by atoms with van der Waals surface area (Å²) >= 11 is 4.77. The van der Waals surface area contributed by atoms with Gasteiger partial charge in [-0.05, 0) is 18.6 Å². The first kappa shape index (κ1) is 16.4. The Balaban J connectivity index is 2.47. The van der Waals surface area contributed by atoms with Crippen LogP contribution in [-0.2, 0) is 20.8 Å². The standard InChI is InChI=1S/C11H16ClNO4S2/c1-2-3-8-17-11(14)6-7-13(19(15)16)10-5-4-9(12)18-10/h4-5H,2-3,6-8H2,1H3,(H,15,16). The van der Waals surface area contributed by atoms with E-state index >= 15 is 0 Å². The van der Waals surface area contributed by atoms with Gasteiger partial charge in [-0.3, -0.25) is 13.7 Å². The van der Waals surface area contributed by atoms with Gasteiger partial charge in [0.2, 0.25) is 0 Å². The highest BCUT2D eigenvalue weighted by Gasteiger charge is 2.16. The maximum atomic E-state index is 11.4. The summed E-state index contributed by atoms with van der Waals surface area (Å²) in [5.74, 6) is -0.369. The second kappa shape index (κ2) is 8.52. The van der Waals surface area contributed by atoms with Crippen LogP contribution in [0.1, 0.15) is 26.2 Å². The first-order chi connectivity index (χ1) is 9.04. The molecular formula is C11H16ClNO4S2. The van der Waals surface area contributed by atoms with Crippen LogP contribution in [0.5, 0.6) is 0 Å². The quantitative estimate of drug-likeness (QED) is 0.453. The molecule has 1 rings (SSSR count). The molecule has 0 radical (unpaired) electrons. The van der Waals surface area contributed by atoms with Crippen molar-refractivity contribution in [1.82, 2.24) is 0 Å². The molecule has 108 valence electrons. The number of ether oxygens (including phenoxy) is 1. The summed E-state index contributed by atoms with van der Waals surface area (Å²) in [6.45, 7) is 2.51. The summed E-state index contributed by atoms with van der Waals surface area (Å²) in [7, 11) is 0. The predicted octanol–water partition coefficient (Wildman–Crippen LogP) is 3.08. The summed E-state index contributed by atoms with van der Waals surface area (Å²) in [4.78, 5) is 11.4. The van der Waals surface area contributed by atoms with Crippen molar-refractivity contribution in [3.63, 3.8) is 0 Å². The number of thiophene rings is 1. The largest absolute Gasteiger partial charge is 0.466 e. The minimum Gasteiger partial charge on any atom is -0.466 e. The van der Waals surface area contributed by atoms with Crippen LogP contribution in [0.4, 0.5) is 5.00 Å². The average Bonchev–Trinajstić information content (AvgIpc) is 2.76. The van der Waals surface area contributed by atoms with E-state index < -0.39 is 11.3 Å². The third kappa shape index (κ3) is 5.90. The Morgan fingerprint density at radius 3 is 2.84 bits per heavy atom. The molecule has 1 heterocycles. The smallest absolute Gasteiger partial charge is 0.307 e. The SMILES string of the molecule is CCCCOC(=O)CCN(c1ccc(Cl)s1)S(=O)O. The lowest BCUT2D eigenvalue weighted by atomic mass is 10.3. The molecule has 0 amide bonds. The van der Waals surface area contributed by atoms with Crippen molar-refractivity contribution in [1.29, 1.82) is 0 Å². The number of carbonyl (C=O) groups is 1. The van der Waals surface area contributed by atoms with Crippen molar-refractivity contribution >= 4 is 45.2 Å². The third-order valence-corrected chi connectivity index (χ3v) is 4.40. The molecular weight excluding hydrogens is 310 g/mol. The number of unbranched alkanes of at least 4 members (excludes halogenated alkanes) is 1. The van der Waals surface area contributed by atoms with E-state index in [9.17, 15) is 13.6 Å². The highest BCUT2D eigenvalue weighted by Crippen LogP contribution is 2.30. The van der Waals surface area contributed by atoms with Gasteiger partial charge in [-0.2, -0.15) is 0 Å². The molecule has 0 spiro atoms. The van der Waals surface area contributed by atoms with E-state index in [2.05, 4.69) is 0 Å². The number of nitrogens with zero attached hydrogens (tertiary/aromatic N) is 1. The van der Waals surface area contributed by atoms with Gasteiger partial charge in [0, 0.05) is 6.54 Å². The molecule has 0 fully saturated rings. The van der Waals surface area contributed by atoms with Crippen LogP contribution < -0.4 is 4.31 Å². The number of anilines is 1. The van der Waals surface area contributed by atoms with Gasteiger partial charge in [-0.1, -0.05) is 24.9 Å². The van der Waals surface area contributed by atoms with Gasteiger partial charge in [0.15, 0.2) is 0 Å². The maximum absolute atomic E-state index is 11.4. The predicted molar refractivity (Wildman–Crippen MR) is 77.9 cm³/mol. The van der Waals surface area contributed by atoms with Crippen molar-refractivity contribution in [2.45, 2.75) is 26.2 Å². The monoisotopic (exact) mass is 325 g/mol. The van der Waals surface area contributed by atoms with Crippen LogP contribution in [0.15, 0.2) is 12.1 Å². The number of halogens is 1. The molecule has 1 atom stereocenters. The Bertz CT molecular complexity index is 438. The molecule has 8 heteroatoms. The average molecular weight is 326 g/mol. The Hall–Kier alpha value is -0.630. The number of hydrogen-bond acceptors (Lipinski definition) is 4. The van der Waals surface area contributed by atoms with E-state index in [1.807, 2.05) is 6.92 Å². The number of esters is 1. The molecule has 0 saturated heterocycles. The summed E-state index contributed by atoms with van der Waals surface area (Å²) in [6, 6.07) is 3.28. The van der Waals surface area contributed by atoms with E-state index in [4.69, 9.17) is 16.3 Å². The molecule has 19 heavy (non-hydrogen) atoms. The number of hydrogen-bond donors (Lipinski definition) is 1. The second-order valence-corrected chi connectivity index (χ2v) is 6.33. The lowest BCUT2D eigenvalue weighted by molar-refractivity contribution is -0.143. The maximum Gasteiger partial charge on any atom is 0.307 e. The van der Waals surface area contributed by atoms with Crippen molar-refractivity contribution in [2.75, 3.05) is 17.5 Å². The number of rotatable bonds is 8. The van der Waals surface area contributed by atoms with E-state index in [1.165, 1.54) is 15.6 Å². The van der Waals surface area contributed by atoms with Gasteiger partial charge in [0.05, 0.1) is 17.4 Å². The van der Waals surface area contributed by atoms with Gasteiger partial charge >= 0.3 is 5.97 Å². The molecule has 0 aliphatic rings.